The highest BCUT2D eigenvalue weighted by Gasteiger charge is 2.53. The molecule has 21 heteroatoms. The Labute approximate surface area is 251 Å². The minimum Gasteiger partial charge on any atom is -0.387 e. The van der Waals surface area contributed by atoms with Crippen LogP contribution in [0.3, 0.4) is 0 Å². The van der Waals surface area contributed by atoms with E-state index in [0.29, 0.717) is 11.0 Å². The van der Waals surface area contributed by atoms with E-state index in [9.17, 15) is 24.1 Å². The third kappa shape index (κ3) is 5.41. The minimum absolute atomic E-state index is 0.0223. The lowest BCUT2D eigenvalue weighted by Crippen LogP contribution is -2.37. The van der Waals surface area contributed by atoms with Crippen LogP contribution in [0.15, 0.2) is 48.0 Å². The molecule has 3 fully saturated rings. The number of aromatic amines is 1. The van der Waals surface area contributed by atoms with Crippen LogP contribution in [0.2, 0.25) is 0 Å². The Morgan fingerprint density at radius 3 is 2.09 bits per heavy atom. The Balaban J connectivity index is 1.22. The van der Waals surface area contributed by atoms with Gasteiger partial charge in [0.25, 0.3) is 5.56 Å². The Hall–Kier alpha value is -2.12. The number of benzene rings is 1. The first-order valence-corrected chi connectivity index (χ1v) is 18.2. The summed E-state index contributed by atoms with van der Waals surface area (Å²) in [7, 11) is 0. The van der Waals surface area contributed by atoms with Crippen molar-refractivity contribution >= 4 is 60.3 Å². The number of ether oxygens (including phenoxy) is 2. The zero-order valence-electron chi connectivity index (χ0n) is 21.7. The van der Waals surface area contributed by atoms with E-state index in [4.69, 9.17) is 27.6 Å². The van der Waals surface area contributed by atoms with Gasteiger partial charge in [-0.3, -0.25) is 27.5 Å². The Morgan fingerprint density at radius 2 is 1.44 bits per heavy atom. The number of hydrogen-bond acceptors (Lipinski definition) is 14. The Morgan fingerprint density at radius 1 is 0.860 bits per heavy atom. The number of imidazole rings is 2. The summed E-state index contributed by atoms with van der Waals surface area (Å²) in [5.74, 6) is 0. The topological polar surface area (TPSA) is 211 Å². The number of hydrogen-bond donors (Lipinski definition) is 5. The summed E-state index contributed by atoms with van der Waals surface area (Å²) in [6.07, 6.45) is -6.60. The van der Waals surface area contributed by atoms with Gasteiger partial charge in [-0.05, 0) is 12.1 Å². The number of para-hydroxylation sites is 2. The van der Waals surface area contributed by atoms with Gasteiger partial charge in [0.2, 0.25) is 0 Å². The Bertz CT molecular complexity index is 1840. The van der Waals surface area contributed by atoms with Crippen molar-refractivity contribution in [3.8, 4) is 0 Å². The highest BCUT2D eigenvalue weighted by molar-refractivity contribution is 8.44. The van der Waals surface area contributed by atoms with E-state index in [1.54, 1.807) is 28.8 Å². The second-order valence-electron chi connectivity index (χ2n) is 9.98. The quantitative estimate of drug-likeness (QED) is 0.151. The fourth-order valence-electron chi connectivity index (χ4n) is 5.32. The third-order valence-electron chi connectivity index (χ3n) is 7.33. The second kappa shape index (κ2) is 11.0. The first-order chi connectivity index (χ1) is 20.5. The molecule has 3 saturated heterocycles. The first-order valence-electron chi connectivity index (χ1n) is 12.8. The smallest absolute Gasteiger partial charge is 0.386 e. The number of aliphatic hydroxyl groups excluding tert-OH is 2. The maximum atomic E-state index is 13.5. The lowest BCUT2D eigenvalue weighted by molar-refractivity contribution is -0.0583. The summed E-state index contributed by atoms with van der Waals surface area (Å²) in [5, 5.41) is 22.3. The molecular weight excluding hydrogens is 650 g/mol. The molecule has 6 unspecified atom stereocenters. The molecule has 0 saturated carbocycles. The zero-order valence-corrected chi connectivity index (χ0v) is 25.2. The number of aromatic nitrogens is 6. The molecule has 3 N–H and O–H groups in total. The molecule has 3 aliphatic rings. The van der Waals surface area contributed by atoms with Gasteiger partial charge in [0.1, 0.15) is 36.6 Å². The number of nitrogens with zero attached hydrogens (tertiary/aromatic N) is 5. The fraction of sp³-hybridized carbons (Fsp3) is 0.455. The molecule has 7 rings (SSSR count). The second-order valence-corrected chi connectivity index (χ2v) is 15.7. The van der Waals surface area contributed by atoms with Gasteiger partial charge in [-0.15, -0.1) is 0 Å². The van der Waals surface area contributed by atoms with Gasteiger partial charge < -0.3 is 29.2 Å². The van der Waals surface area contributed by atoms with Crippen LogP contribution in [-0.4, -0.2) is 89.1 Å². The molecule has 43 heavy (non-hydrogen) atoms. The summed E-state index contributed by atoms with van der Waals surface area (Å²) in [6.45, 7) is -9.59. The summed E-state index contributed by atoms with van der Waals surface area (Å²) >= 11 is 8.19. The molecule has 4 bridgehead atoms. The van der Waals surface area contributed by atoms with E-state index in [-0.39, 0.29) is 11.2 Å². The van der Waals surface area contributed by atoms with E-state index < -0.39 is 81.4 Å². The normalized spacial score (nSPS) is 38.9. The van der Waals surface area contributed by atoms with Gasteiger partial charge in [0, 0.05) is 0 Å². The van der Waals surface area contributed by atoms with E-state index in [0.717, 1.165) is 6.33 Å². The molecule has 0 radical (unpaired) electrons. The number of fused-ring (bicyclic) bond motifs is 6. The maximum Gasteiger partial charge on any atom is 0.386 e. The van der Waals surface area contributed by atoms with Gasteiger partial charge >= 0.3 is 13.6 Å². The van der Waals surface area contributed by atoms with Crippen LogP contribution in [0.5, 0.6) is 0 Å². The van der Waals surface area contributed by atoms with Crippen LogP contribution >= 0.6 is 38.1 Å². The average molecular weight is 675 g/mol. The third-order valence-corrected chi connectivity index (χ3v) is 10.6. The lowest BCUT2D eigenvalue weighted by atomic mass is 10.1. The molecule has 3 aliphatic heterocycles. The van der Waals surface area contributed by atoms with Crippen molar-refractivity contribution in [2.75, 3.05) is 13.2 Å². The van der Waals surface area contributed by atoms with Gasteiger partial charge in [-0.1, -0.05) is 36.6 Å². The molecule has 17 nitrogen and oxygen atoms in total. The van der Waals surface area contributed by atoms with Crippen molar-refractivity contribution < 1.29 is 46.9 Å². The van der Waals surface area contributed by atoms with Crippen LogP contribution in [0.1, 0.15) is 12.5 Å². The van der Waals surface area contributed by atoms with Crippen molar-refractivity contribution in [2.45, 2.75) is 49.1 Å². The number of rotatable bonds is 2. The fourth-order valence-corrected chi connectivity index (χ4v) is 8.24. The van der Waals surface area contributed by atoms with Crippen molar-refractivity contribution in [3.63, 3.8) is 0 Å². The van der Waals surface area contributed by atoms with Crippen molar-refractivity contribution in [3.05, 3.63) is 53.6 Å². The van der Waals surface area contributed by atoms with Gasteiger partial charge in [-0.2, -0.15) is 0 Å². The standard InChI is InChI=1S/C22H24N6O11P2S2/c29-15-12-5-34-41(33,43)39-18-16(30)13(37-22(18)28-9-26-14-19(28)23-7-24-20(14)31)6-35-40(32,42)38-17(15)21(36-12)27-8-25-10-3-1-2-4-11(10)27/h1-4,7-9,12-13,15-18,21-22,29-30H,5-6H2,(H,32,42)(H,33,43)(H,23,24,31)/t12-,13-,15?,16?,17?,18?,21-,22-,40?,41?/m1/s1. The molecule has 1 aromatic carbocycles. The number of thiol groups is 2. The lowest BCUT2D eigenvalue weighted by Gasteiger charge is -2.26. The SMILES string of the molecule is O=c1[nH]cnc2c1ncn2[C@@H]1O[C@@H]2COP(=O)(S)OC3C(O)[C@@H](COP(=O)(S)OC1C2O)O[C@H]3n1cnc2ccccc21. The van der Waals surface area contributed by atoms with Crippen LogP contribution < -0.4 is 5.56 Å². The summed E-state index contributed by atoms with van der Waals surface area (Å²) < 4.78 is 64.2. The number of H-pyrrole nitrogens is 1. The summed E-state index contributed by atoms with van der Waals surface area (Å²) in [5.41, 5.74) is 0.801. The predicted molar refractivity (Wildman–Crippen MR) is 153 cm³/mol. The number of nitrogens with one attached hydrogen (secondary N) is 1. The molecular formula is C22H24N6O11P2S2. The van der Waals surface area contributed by atoms with Crippen molar-refractivity contribution in [2.24, 2.45) is 0 Å². The van der Waals surface area contributed by atoms with E-state index in [1.807, 2.05) is 0 Å². The van der Waals surface area contributed by atoms with Crippen LogP contribution in [-0.2, 0) is 36.7 Å². The zero-order chi connectivity index (χ0) is 30.1. The van der Waals surface area contributed by atoms with Crippen LogP contribution in [0, 0.1) is 0 Å². The minimum atomic E-state index is -4.29. The van der Waals surface area contributed by atoms with Gasteiger partial charge in [-0.25, -0.2) is 24.1 Å². The molecule has 3 aromatic heterocycles. The number of aliphatic hydroxyl groups is 2. The molecule has 6 heterocycles. The summed E-state index contributed by atoms with van der Waals surface area (Å²) in [6, 6.07) is 7.14. The van der Waals surface area contributed by atoms with Crippen molar-refractivity contribution in [1.29, 1.82) is 0 Å². The van der Waals surface area contributed by atoms with Crippen LogP contribution in [0.25, 0.3) is 22.2 Å². The van der Waals surface area contributed by atoms with E-state index in [1.165, 1.54) is 17.2 Å². The molecule has 230 valence electrons. The first kappa shape index (κ1) is 29.6. The average Bonchev–Trinajstić information content (AvgIpc) is 3.72. The van der Waals surface area contributed by atoms with Gasteiger partial charge in [0.15, 0.2) is 23.6 Å². The Kier molecular flexibility index (Phi) is 7.60. The molecule has 10 atom stereocenters. The molecule has 4 aromatic rings. The van der Waals surface area contributed by atoms with Crippen molar-refractivity contribution in [1.82, 2.24) is 29.1 Å². The monoisotopic (exact) mass is 674 g/mol. The summed E-state index contributed by atoms with van der Waals surface area (Å²) in [4.78, 5) is 27.1. The molecule has 0 aliphatic carbocycles. The highest BCUT2D eigenvalue weighted by atomic mass is 32.7. The van der Waals surface area contributed by atoms with E-state index in [2.05, 4.69) is 44.4 Å². The van der Waals surface area contributed by atoms with Crippen LogP contribution in [0.4, 0.5) is 0 Å². The van der Waals surface area contributed by atoms with E-state index >= 15 is 0 Å². The highest BCUT2D eigenvalue weighted by Crippen LogP contribution is 2.60. The van der Waals surface area contributed by atoms with Gasteiger partial charge in [0.05, 0.1) is 43.2 Å². The predicted octanol–water partition coefficient (Wildman–Crippen LogP) is 1.58. The molecule has 0 spiro atoms. The maximum absolute atomic E-state index is 13.5. The largest absolute Gasteiger partial charge is 0.387 e. The molecule has 0 amide bonds.